The molecule has 0 spiro atoms. The number of hydrogen-bond acceptors (Lipinski definition) is 3. The Kier molecular flexibility index (Phi) is 6.07. The smallest absolute Gasteiger partial charge is 0.338 e. The lowest BCUT2D eigenvalue weighted by atomic mass is 9.99. The summed E-state index contributed by atoms with van der Waals surface area (Å²) < 4.78 is 17.7. The Bertz CT molecular complexity index is 696. The lowest BCUT2D eigenvalue weighted by Gasteiger charge is -2.10. The largest absolute Gasteiger partial charge is 0.452 e. The van der Waals surface area contributed by atoms with Crippen molar-refractivity contribution in [2.24, 2.45) is 0 Å². The van der Waals surface area contributed by atoms with E-state index in [1.165, 1.54) is 17.7 Å². The molecular formula is C19H20FNO3. The number of carbonyl (C=O) groups is 2. The van der Waals surface area contributed by atoms with Crippen molar-refractivity contribution in [3.05, 3.63) is 65.5 Å². The number of nitrogens with one attached hydrogen (secondary N) is 1. The van der Waals surface area contributed by atoms with Gasteiger partial charge in [0.1, 0.15) is 5.82 Å². The molecule has 0 aromatic heterocycles. The highest BCUT2D eigenvalue weighted by molar-refractivity contribution is 5.95. The summed E-state index contributed by atoms with van der Waals surface area (Å²) in [4.78, 5) is 23.6. The molecule has 0 aliphatic heterocycles. The molecule has 2 rings (SSSR count). The molecule has 5 heteroatoms. The summed E-state index contributed by atoms with van der Waals surface area (Å²) >= 11 is 0. The summed E-state index contributed by atoms with van der Waals surface area (Å²) in [6.07, 6.45) is 1.05. The van der Waals surface area contributed by atoms with Crippen molar-refractivity contribution in [2.75, 3.05) is 11.9 Å². The van der Waals surface area contributed by atoms with Crippen LogP contribution in [-0.2, 0) is 9.53 Å². The lowest BCUT2D eigenvalue weighted by Crippen LogP contribution is -2.20. The highest BCUT2D eigenvalue weighted by Gasteiger charge is 2.11. The second-order valence-corrected chi connectivity index (χ2v) is 5.56. The van der Waals surface area contributed by atoms with E-state index in [1.807, 2.05) is 24.3 Å². The molecule has 0 heterocycles. The highest BCUT2D eigenvalue weighted by atomic mass is 19.1. The molecule has 126 valence electrons. The molecule has 0 fully saturated rings. The molecule has 1 amide bonds. The first-order chi connectivity index (χ1) is 11.5. The molecule has 0 unspecified atom stereocenters. The van der Waals surface area contributed by atoms with E-state index in [0.29, 0.717) is 11.6 Å². The maximum Gasteiger partial charge on any atom is 0.338 e. The van der Waals surface area contributed by atoms with Crippen molar-refractivity contribution in [3.8, 4) is 0 Å². The Balaban J connectivity index is 1.84. The number of esters is 1. The van der Waals surface area contributed by atoms with E-state index in [4.69, 9.17) is 4.74 Å². The number of amides is 1. The van der Waals surface area contributed by atoms with Gasteiger partial charge < -0.3 is 10.1 Å². The Morgan fingerprint density at radius 2 is 1.71 bits per heavy atom. The van der Waals surface area contributed by atoms with E-state index in [1.54, 1.807) is 0 Å². The summed E-state index contributed by atoms with van der Waals surface area (Å²) in [6.45, 7) is 3.86. The molecule has 1 atom stereocenters. The predicted molar refractivity (Wildman–Crippen MR) is 90.5 cm³/mol. The topological polar surface area (TPSA) is 55.4 Å². The van der Waals surface area contributed by atoms with Gasteiger partial charge in [0.25, 0.3) is 5.91 Å². The van der Waals surface area contributed by atoms with Crippen molar-refractivity contribution < 1.29 is 18.7 Å². The van der Waals surface area contributed by atoms with Crippen molar-refractivity contribution in [3.63, 3.8) is 0 Å². The molecule has 0 radical (unpaired) electrons. The van der Waals surface area contributed by atoms with Crippen LogP contribution in [0.5, 0.6) is 0 Å². The Labute approximate surface area is 140 Å². The van der Waals surface area contributed by atoms with E-state index in [0.717, 1.165) is 18.6 Å². The third-order valence-corrected chi connectivity index (χ3v) is 3.79. The van der Waals surface area contributed by atoms with Gasteiger partial charge in [-0.05, 0) is 54.3 Å². The average Bonchev–Trinajstić information content (AvgIpc) is 2.60. The standard InChI is InChI=1S/C19H20FNO3/c1-3-13(2)14-6-10-17(11-7-14)21-18(22)12-24-19(23)15-4-8-16(20)9-5-15/h4-11,13H,3,12H2,1-2H3,(H,21,22)/t13-/m0/s1. The van der Waals surface area contributed by atoms with Crippen molar-refractivity contribution in [2.45, 2.75) is 26.2 Å². The third kappa shape index (κ3) is 4.91. The second kappa shape index (κ2) is 8.24. The summed E-state index contributed by atoms with van der Waals surface area (Å²) in [5, 5.41) is 2.67. The van der Waals surface area contributed by atoms with Crippen LogP contribution < -0.4 is 5.32 Å². The lowest BCUT2D eigenvalue weighted by molar-refractivity contribution is -0.119. The van der Waals surface area contributed by atoms with E-state index >= 15 is 0 Å². The third-order valence-electron chi connectivity index (χ3n) is 3.79. The van der Waals surface area contributed by atoms with E-state index in [9.17, 15) is 14.0 Å². The van der Waals surface area contributed by atoms with Gasteiger partial charge >= 0.3 is 5.97 Å². The summed E-state index contributed by atoms with van der Waals surface area (Å²) in [5.41, 5.74) is 2.05. The molecule has 2 aromatic rings. The van der Waals surface area contributed by atoms with Gasteiger partial charge in [-0.2, -0.15) is 0 Å². The SMILES string of the molecule is CC[C@H](C)c1ccc(NC(=O)COC(=O)c2ccc(F)cc2)cc1. The van der Waals surface area contributed by atoms with Crippen LogP contribution in [0.1, 0.15) is 42.1 Å². The van der Waals surface area contributed by atoms with E-state index in [2.05, 4.69) is 19.2 Å². The minimum atomic E-state index is -0.669. The number of halogens is 1. The zero-order chi connectivity index (χ0) is 17.5. The summed E-state index contributed by atoms with van der Waals surface area (Å²) in [6, 6.07) is 12.5. The fourth-order valence-corrected chi connectivity index (χ4v) is 2.13. The van der Waals surface area contributed by atoms with Gasteiger partial charge in [-0.3, -0.25) is 4.79 Å². The number of benzene rings is 2. The zero-order valence-electron chi connectivity index (χ0n) is 13.7. The quantitative estimate of drug-likeness (QED) is 0.811. The highest BCUT2D eigenvalue weighted by Crippen LogP contribution is 2.20. The summed E-state index contributed by atoms with van der Waals surface area (Å²) in [5.74, 6) is -1.07. The fraction of sp³-hybridized carbons (Fsp3) is 0.263. The monoisotopic (exact) mass is 329 g/mol. The average molecular weight is 329 g/mol. The van der Waals surface area contributed by atoms with Crippen LogP contribution in [0.2, 0.25) is 0 Å². The van der Waals surface area contributed by atoms with E-state index in [-0.39, 0.29) is 5.56 Å². The van der Waals surface area contributed by atoms with Gasteiger partial charge in [0.2, 0.25) is 0 Å². The molecular weight excluding hydrogens is 309 g/mol. The van der Waals surface area contributed by atoms with Crippen molar-refractivity contribution >= 4 is 17.6 Å². The molecule has 24 heavy (non-hydrogen) atoms. The molecule has 0 aliphatic carbocycles. The van der Waals surface area contributed by atoms with Gasteiger partial charge in [-0.15, -0.1) is 0 Å². The first kappa shape index (κ1) is 17.7. The minimum absolute atomic E-state index is 0.196. The van der Waals surface area contributed by atoms with Crippen LogP contribution in [-0.4, -0.2) is 18.5 Å². The normalized spacial score (nSPS) is 11.6. The number of hydrogen-bond donors (Lipinski definition) is 1. The summed E-state index contributed by atoms with van der Waals surface area (Å²) in [7, 11) is 0. The zero-order valence-corrected chi connectivity index (χ0v) is 13.7. The first-order valence-electron chi connectivity index (χ1n) is 7.82. The van der Waals surface area contributed by atoms with Gasteiger partial charge in [0, 0.05) is 5.69 Å². The number of rotatable bonds is 6. The number of anilines is 1. The van der Waals surface area contributed by atoms with Crippen LogP contribution >= 0.6 is 0 Å². The Hall–Kier alpha value is -2.69. The molecule has 2 aromatic carbocycles. The number of carbonyl (C=O) groups excluding carboxylic acids is 2. The van der Waals surface area contributed by atoms with Crippen LogP contribution in [0.15, 0.2) is 48.5 Å². The second-order valence-electron chi connectivity index (χ2n) is 5.56. The van der Waals surface area contributed by atoms with Crippen LogP contribution in [0.25, 0.3) is 0 Å². The van der Waals surface area contributed by atoms with Gasteiger partial charge in [0.15, 0.2) is 6.61 Å². The molecule has 0 saturated carbocycles. The van der Waals surface area contributed by atoms with Gasteiger partial charge in [-0.25, -0.2) is 9.18 Å². The first-order valence-corrected chi connectivity index (χ1v) is 7.82. The van der Waals surface area contributed by atoms with Crippen molar-refractivity contribution in [1.82, 2.24) is 0 Å². The molecule has 0 bridgehead atoms. The predicted octanol–water partition coefficient (Wildman–Crippen LogP) is 4.13. The van der Waals surface area contributed by atoms with Crippen molar-refractivity contribution in [1.29, 1.82) is 0 Å². The minimum Gasteiger partial charge on any atom is -0.452 e. The Morgan fingerprint density at radius 3 is 2.29 bits per heavy atom. The fourth-order valence-electron chi connectivity index (χ4n) is 2.13. The van der Waals surface area contributed by atoms with Crippen LogP contribution in [0.3, 0.4) is 0 Å². The van der Waals surface area contributed by atoms with Gasteiger partial charge in [-0.1, -0.05) is 26.0 Å². The maximum atomic E-state index is 12.8. The van der Waals surface area contributed by atoms with E-state index < -0.39 is 24.3 Å². The molecule has 1 N–H and O–H groups in total. The molecule has 0 aliphatic rings. The molecule has 0 saturated heterocycles. The number of ether oxygens (including phenoxy) is 1. The molecule has 4 nitrogen and oxygen atoms in total. The Morgan fingerprint density at radius 1 is 1.08 bits per heavy atom. The van der Waals surface area contributed by atoms with Gasteiger partial charge in [0.05, 0.1) is 5.56 Å². The maximum absolute atomic E-state index is 12.8. The van der Waals surface area contributed by atoms with Crippen LogP contribution in [0.4, 0.5) is 10.1 Å². The van der Waals surface area contributed by atoms with Crippen LogP contribution in [0, 0.1) is 5.82 Å².